The van der Waals surface area contributed by atoms with Crippen LogP contribution >= 0.6 is 0 Å². The number of methoxy groups -OCH3 is 2. The van der Waals surface area contributed by atoms with Gasteiger partial charge in [-0.25, -0.2) is 4.79 Å². The number of hydrogen-bond acceptors (Lipinski definition) is 7. The van der Waals surface area contributed by atoms with Gasteiger partial charge >= 0.3 is 12.1 Å². The third-order valence-electron chi connectivity index (χ3n) is 3.90. The molecule has 9 nitrogen and oxygen atoms in total. The molecule has 0 saturated carbocycles. The topological polar surface area (TPSA) is 126 Å². The number of para-hydroxylation sites is 1. The molecule has 0 aliphatic heterocycles. The molecule has 0 heterocycles. The summed E-state index contributed by atoms with van der Waals surface area (Å²) < 4.78 is 59.3. The number of hydrogen-bond donors (Lipinski definition) is 2. The van der Waals surface area contributed by atoms with Crippen LogP contribution in [0.5, 0.6) is 17.2 Å². The van der Waals surface area contributed by atoms with Crippen LogP contribution in [-0.2, 0) is 20.5 Å². The predicted octanol–water partition coefficient (Wildman–Crippen LogP) is 2.38. The highest BCUT2D eigenvalue weighted by Crippen LogP contribution is 2.39. The van der Waals surface area contributed by atoms with Crippen molar-refractivity contribution in [2.24, 2.45) is 5.73 Å². The summed E-state index contributed by atoms with van der Waals surface area (Å²) in [6.07, 6.45) is -4.67. The summed E-state index contributed by atoms with van der Waals surface area (Å²) in [5, 5.41) is 2.06. The number of benzene rings is 2. The molecule has 0 atom stereocenters. The minimum Gasteiger partial charge on any atom is -0.493 e. The number of ether oxygens (including phenoxy) is 4. The first-order chi connectivity index (χ1) is 15.1. The van der Waals surface area contributed by atoms with E-state index in [1.54, 1.807) is 0 Å². The van der Waals surface area contributed by atoms with Crippen molar-refractivity contribution in [2.75, 3.05) is 32.8 Å². The summed E-state index contributed by atoms with van der Waals surface area (Å²) in [7, 11) is 2.54. The quantitative estimate of drug-likeness (QED) is 0.555. The van der Waals surface area contributed by atoms with Gasteiger partial charge in [0.1, 0.15) is 0 Å². The number of halogens is 3. The number of rotatable bonds is 9. The van der Waals surface area contributed by atoms with Gasteiger partial charge in [0.2, 0.25) is 5.75 Å². The van der Waals surface area contributed by atoms with Gasteiger partial charge in [0.05, 0.1) is 31.0 Å². The van der Waals surface area contributed by atoms with Crippen molar-refractivity contribution in [3.63, 3.8) is 0 Å². The lowest BCUT2D eigenvalue weighted by atomic mass is 10.1. The average Bonchev–Trinajstić information content (AvgIpc) is 2.74. The zero-order valence-corrected chi connectivity index (χ0v) is 16.9. The molecule has 0 unspecified atom stereocenters. The second-order valence-corrected chi connectivity index (χ2v) is 6.13. The van der Waals surface area contributed by atoms with E-state index in [1.165, 1.54) is 38.5 Å². The highest BCUT2D eigenvalue weighted by molar-refractivity contribution is 5.96. The van der Waals surface area contributed by atoms with Crippen LogP contribution in [0.2, 0.25) is 0 Å². The first-order valence-electron chi connectivity index (χ1n) is 8.87. The molecular formula is C20H19F3N2O7. The maximum atomic E-state index is 13.0. The molecule has 0 aliphatic carbocycles. The summed E-state index contributed by atoms with van der Waals surface area (Å²) in [6.45, 7) is -1.33. The van der Waals surface area contributed by atoms with E-state index in [1.807, 2.05) is 0 Å². The van der Waals surface area contributed by atoms with Gasteiger partial charge in [0.25, 0.3) is 11.8 Å². The van der Waals surface area contributed by atoms with Gasteiger partial charge in [-0.3, -0.25) is 9.59 Å². The second kappa shape index (κ2) is 10.4. The maximum Gasteiger partial charge on any atom is 0.418 e. The van der Waals surface area contributed by atoms with Gasteiger partial charge in [-0.05, 0) is 24.3 Å². The number of carbonyl (C=O) groups excluding carboxylic acids is 3. The number of anilines is 1. The van der Waals surface area contributed by atoms with Crippen LogP contribution in [-0.4, -0.2) is 45.2 Å². The number of nitrogens with one attached hydrogen (secondary N) is 1. The first-order valence-corrected chi connectivity index (χ1v) is 8.87. The number of carbonyl (C=O) groups is 3. The number of alkyl halides is 3. The second-order valence-electron chi connectivity index (χ2n) is 6.13. The van der Waals surface area contributed by atoms with Crippen molar-refractivity contribution < 1.29 is 46.5 Å². The standard InChI is InChI=1S/C20H19F3N2O7/c1-29-14-7-11(8-15(30-2)18(14)31-9-16(24)26)19(28)32-10-17(27)25-13-6-4-3-5-12(13)20(21,22)23/h3-8H,9-10H2,1-2H3,(H2,24,26)(H,25,27). The number of nitrogens with two attached hydrogens (primary N) is 1. The Bertz CT molecular complexity index is 984. The van der Waals surface area contributed by atoms with Crippen molar-refractivity contribution in [1.82, 2.24) is 0 Å². The zero-order valence-electron chi connectivity index (χ0n) is 16.9. The molecule has 2 amide bonds. The van der Waals surface area contributed by atoms with Crippen molar-refractivity contribution >= 4 is 23.5 Å². The molecule has 0 aromatic heterocycles. The summed E-state index contributed by atoms with van der Waals surface area (Å²) in [5.41, 5.74) is 3.42. The van der Waals surface area contributed by atoms with Crippen molar-refractivity contribution in [3.05, 3.63) is 47.5 Å². The van der Waals surface area contributed by atoms with E-state index in [2.05, 4.69) is 5.32 Å². The normalized spacial score (nSPS) is 10.8. The maximum absolute atomic E-state index is 13.0. The van der Waals surface area contributed by atoms with E-state index < -0.39 is 48.4 Å². The molecule has 0 saturated heterocycles. The Balaban J connectivity index is 2.11. The Morgan fingerprint density at radius 1 is 1.00 bits per heavy atom. The van der Waals surface area contributed by atoms with Crippen LogP contribution in [0.25, 0.3) is 0 Å². The van der Waals surface area contributed by atoms with E-state index in [0.29, 0.717) is 0 Å². The number of primary amides is 1. The smallest absolute Gasteiger partial charge is 0.418 e. The third kappa shape index (κ3) is 6.27. The Morgan fingerprint density at radius 3 is 2.12 bits per heavy atom. The SMILES string of the molecule is COc1cc(C(=O)OCC(=O)Nc2ccccc2C(F)(F)F)cc(OC)c1OCC(N)=O. The first kappa shape index (κ1) is 24.3. The number of amides is 2. The molecule has 2 rings (SSSR count). The van der Waals surface area contributed by atoms with Gasteiger partial charge in [-0.1, -0.05) is 12.1 Å². The molecule has 172 valence electrons. The van der Waals surface area contributed by atoms with Gasteiger partial charge in [-0.2, -0.15) is 13.2 Å². The molecule has 0 aliphatic rings. The largest absolute Gasteiger partial charge is 0.493 e. The zero-order chi connectivity index (χ0) is 23.9. The molecule has 0 fully saturated rings. The molecule has 3 N–H and O–H groups in total. The molecular weight excluding hydrogens is 437 g/mol. The van der Waals surface area contributed by atoms with Gasteiger partial charge in [0.15, 0.2) is 24.7 Å². The minimum atomic E-state index is -4.67. The van der Waals surface area contributed by atoms with E-state index >= 15 is 0 Å². The minimum absolute atomic E-state index is 0.00634. The van der Waals surface area contributed by atoms with Crippen LogP contribution in [0.15, 0.2) is 36.4 Å². The summed E-state index contributed by atoms with van der Waals surface area (Å²) in [6, 6.07) is 6.79. The van der Waals surface area contributed by atoms with E-state index in [4.69, 9.17) is 24.7 Å². The van der Waals surface area contributed by atoms with E-state index in [0.717, 1.165) is 12.1 Å². The molecule has 2 aromatic carbocycles. The fourth-order valence-electron chi connectivity index (χ4n) is 2.52. The average molecular weight is 456 g/mol. The summed E-state index contributed by atoms with van der Waals surface area (Å²) in [5.74, 6) is -2.68. The fraction of sp³-hybridized carbons (Fsp3) is 0.250. The lowest BCUT2D eigenvalue weighted by molar-refractivity contribution is -0.137. The van der Waals surface area contributed by atoms with Crippen molar-refractivity contribution in [1.29, 1.82) is 0 Å². The summed E-state index contributed by atoms with van der Waals surface area (Å²) >= 11 is 0. The Hall–Kier alpha value is -3.96. The Morgan fingerprint density at radius 2 is 1.59 bits per heavy atom. The summed E-state index contributed by atoms with van der Waals surface area (Å²) in [4.78, 5) is 35.3. The molecule has 0 bridgehead atoms. The van der Waals surface area contributed by atoms with Gasteiger partial charge < -0.3 is 30.0 Å². The fourth-order valence-corrected chi connectivity index (χ4v) is 2.52. The monoisotopic (exact) mass is 456 g/mol. The van der Waals surface area contributed by atoms with Crippen LogP contribution in [0.3, 0.4) is 0 Å². The molecule has 12 heteroatoms. The van der Waals surface area contributed by atoms with E-state index in [9.17, 15) is 27.6 Å². The number of esters is 1. The Kier molecular flexibility index (Phi) is 7.88. The molecule has 0 spiro atoms. The van der Waals surface area contributed by atoms with Crippen molar-refractivity contribution in [3.8, 4) is 17.2 Å². The van der Waals surface area contributed by atoms with E-state index in [-0.39, 0.29) is 22.8 Å². The lowest BCUT2D eigenvalue weighted by Gasteiger charge is -2.15. The van der Waals surface area contributed by atoms with Crippen LogP contribution < -0.4 is 25.3 Å². The van der Waals surface area contributed by atoms with Crippen LogP contribution in [0.1, 0.15) is 15.9 Å². The highest BCUT2D eigenvalue weighted by atomic mass is 19.4. The van der Waals surface area contributed by atoms with Gasteiger partial charge in [-0.15, -0.1) is 0 Å². The molecule has 0 radical (unpaired) electrons. The Labute approximate surface area is 180 Å². The lowest BCUT2D eigenvalue weighted by Crippen LogP contribution is -2.23. The predicted molar refractivity (Wildman–Crippen MR) is 105 cm³/mol. The molecule has 32 heavy (non-hydrogen) atoms. The van der Waals surface area contributed by atoms with Crippen LogP contribution in [0.4, 0.5) is 18.9 Å². The third-order valence-corrected chi connectivity index (χ3v) is 3.90. The molecule has 2 aromatic rings. The van der Waals surface area contributed by atoms with Gasteiger partial charge in [0, 0.05) is 0 Å². The van der Waals surface area contributed by atoms with Crippen molar-refractivity contribution in [2.45, 2.75) is 6.18 Å². The highest BCUT2D eigenvalue weighted by Gasteiger charge is 2.33. The van der Waals surface area contributed by atoms with Crippen LogP contribution in [0, 0.1) is 0 Å².